The van der Waals surface area contributed by atoms with Crippen LogP contribution >= 0.6 is 23.2 Å². The molecule has 4 rings (SSSR count). The van der Waals surface area contributed by atoms with Crippen LogP contribution in [0.2, 0.25) is 10.0 Å². The van der Waals surface area contributed by atoms with E-state index in [2.05, 4.69) is 5.16 Å². The summed E-state index contributed by atoms with van der Waals surface area (Å²) in [5.41, 5.74) is 0.772. The van der Waals surface area contributed by atoms with Gasteiger partial charge in [0.05, 0.1) is 16.3 Å². The number of benzene rings is 2. The lowest BCUT2D eigenvalue weighted by atomic mass is 9.75. The van der Waals surface area contributed by atoms with Gasteiger partial charge in [0.1, 0.15) is 29.1 Å². The molecule has 0 spiro atoms. The maximum absolute atomic E-state index is 12.9. The molecular formula is C29H33Cl2NO6. The Balaban J connectivity index is 1.30. The van der Waals surface area contributed by atoms with Crippen LogP contribution < -0.4 is 9.47 Å². The van der Waals surface area contributed by atoms with E-state index >= 15 is 0 Å². The highest BCUT2D eigenvalue weighted by Crippen LogP contribution is 2.36. The van der Waals surface area contributed by atoms with Crippen molar-refractivity contribution in [2.24, 2.45) is 17.0 Å². The van der Waals surface area contributed by atoms with Crippen LogP contribution in [0.3, 0.4) is 0 Å². The molecule has 38 heavy (non-hydrogen) atoms. The predicted molar refractivity (Wildman–Crippen MR) is 148 cm³/mol. The summed E-state index contributed by atoms with van der Waals surface area (Å²) in [6.45, 7) is 5.37. The SMILES string of the molecule is CC/C(=N\OCC(C)Oc1ccc(Oc2ccc(Cl)cc2Cl)cc1)C1=C(O)CC(C2CCOCC2)CC1=O. The fraction of sp³-hybridized carbons (Fsp3) is 0.448. The summed E-state index contributed by atoms with van der Waals surface area (Å²) in [6.07, 6.45) is 2.95. The zero-order valence-corrected chi connectivity index (χ0v) is 23.1. The highest BCUT2D eigenvalue weighted by Gasteiger charge is 2.35. The van der Waals surface area contributed by atoms with Crippen LogP contribution in [0.4, 0.5) is 0 Å². The van der Waals surface area contributed by atoms with Crippen molar-refractivity contribution in [1.82, 2.24) is 0 Å². The largest absolute Gasteiger partial charge is 0.511 e. The van der Waals surface area contributed by atoms with E-state index in [4.69, 9.17) is 42.3 Å². The van der Waals surface area contributed by atoms with E-state index in [0.29, 0.717) is 63.8 Å². The number of carbonyl (C=O) groups excluding carboxylic acids is 1. The van der Waals surface area contributed by atoms with Crippen molar-refractivity contribution < 1.29 is 28.9 Å². The molecule has 2 unspecified atom stereocenters. The molecule has 9 heteroatoms. The first-order chi connectivity index (χ1) is 18.3. The number of aliphatic hydroxyl groups is 1. The molecule has 1 aliphatic heterocycles. The Morgan fingerprint density at radius 2 is 1.79 bits per heavy atom. The van der Waals surface area contributed by atoms with Gasteiger partial charge in [0.25, 0.3) is 0 Å². The van der Waals surface area contributed by atoms with Gasteiger partial charge in [-0.25, -0.2) is 0 Å². The molecule has 0 aromatic heterocycles. The fourth-order valence-electron chi connectivity index (χ4n) is 4.82. The summed E-state index contributed by atoms with van der Waals surface area (Å²) >= 11 is 12.1. The summed E-state index contributed by atoms with van der Waals surface area (Å²) < 4.78 is 17.1. The Bertz CT molecular complexity index is 1170. The van der Waals surface area contributed by atoms with Gasteiger partial charge in [-0.3, -0.25) is 4.79 Å². The number of oxime groups is 1. The van der Waals surface area contributed by atoms with Gasteiger partial charge < -0.3 is 24.2 Å². The minimum Gasteiger partial charge on any atom is -0.511 e. The monoisotopic (exact) mass is 561 g/mol. The van der Waals surface area contributed by atoms with Crippen molar-refractivity contribution in [3.63, 3.8) is 0 Å². The second-order valence-corrected chi connectivity index (χ2v) is 10.5. The van der Waals surface area contributed by atoms with E-state index < -0.39 is 0 Å². The van der Waals surface area contributed by atoms with Gasteiger partial charge in [-0.15, -0.1) is 0 Å². The zero-order valence-electron chi connectivity index (χ0n) is 21.6. The number of allylic oxidation sites excluding steroid dienone is 2. The number of nitrogens with zero attached hydrogens (tertiary/aromatic N) is 1. The average molecular weight is 562 g/mol. The topological polar surface area (TPSA) is 86.6 Å². The number of hydrogen-bond donors (Lipinski definition) is 1. The molecule has 0 saturated carbocycles. The molecule has 1 N–H and O–H groups in total. The van der Waals surface area contributed by atoms with Crippen molar-refractivity contribution in [3.05, 3.63) is 63.8 Å². The van der Waals surface area contributed by atoms with E-state index in [0.717, 1.165) is 26.1 Å². The number of aliphatic hydroxyl groups excluding tert-OH is 1. The lowest BCUT2D eigenvalue weighted by Crippen LogP contribution is -2.31. The molecule has 2 aromatic carbocycles. The molecule has 7 nitrogen and oxygen atoms in total. The standard InChI is InChI=1S/C29H33Cl2NO6/c1-3-25(29-26(33)14-20(15-27(29)34)19-10-12-35-13-11-19)32-36-17-18(2)37-22-5-7-23(8-6-22)38-28-9-4-21(30)16-24(28)31/h4-9,16,18-20,33H,3,10-15,17H2,1-2H3/b32-25+. The zero-order chi connectivity index (χ0) is 27.1. The van der Waals surface area contributed by atoms with E-state index in [1.807, 2.05) is 13.8 Å². The molecule has 1 aliphatic carbocycles. The third kappa shape index (κ3) is 7.43. The summed E-state index contributed by atoms with van der Waals surface area (Å²) in [5.74, 6) is 2.36. The number of Topliss-reactive ketones (excluding diaryl/α,β-unsaturated/α-hetero) is 1. The minimum atomic E-state index is -0.308. The summed E-state index contributed by atoms with van der Waals surface area (Å²) in [7, 11) is 0. The van der Waals surface area contributed by atoms with Crippen molar-refractivity contribution in [2.75, 3.05) is 19.8 Å². The Morgan fingerprint density at radius 3 is 2.45 bits per heavy atom. The highest BCUT2D eigenvalue weighted by molar-refractivity contribution is 6.35. The average Bonchev–Trinajstić information content (AvgIpc) is 2.90. The van der Waals surface area contributed by atoms with Gasteiger partial charge in [0, 0.05) is 31.1 Å². The second kappa shape index (κ2) is 13.4. The number of carbonyl (C=O) groups is 1. The predicted octanol–water partition coefficient (Wildman–Crippen LogP) is 7.55. The lowest BCUT2D eigenvalue weighted by Gasteiger charge is -2.32. The number of ether oxygens (including phenoxy) is 3. The van der Waals surface area contributed by atoms with Gasteiger partial charge in [-0.05, 0) is 80.5 Å². The number of ketones is 1. The van der Waals surface area contributed by atoms with Crippen LogP contribution in [0.15, 0.2) is 59.0 Å². The molecule has 1 heterocycles. The molecule has 204 valence electrons. The molecule has 0 radical (unpaired) electrons. The minimum absolute atomic E-state index is 0.0686. The van der Waals surface area contributed by atoms with Crippen LogP contribution in [0.5, 0.6) is 17.2 Å². The summed E-state index contributed by atoms with van der Waals surface area (Å²) in [6, 6.07) is 12.2. The number of hydrogen-bond acceptors (Lipinski definition) is 7. The Labute approximate surface area is 233 Å². The lowest BCUT2D eigenvalue weighted by molar-refractivity contribution is -0.117. The van der Waals surface area contributed by atoms with Gasteiger partial charge in [-0.1, -0.05) is 35.3 Å². The van der Waals surface area contributed by atoms with Crippen molar-refractivity contribution in [1.29, 1.82) is 0 Å². The van der Waals surface area contributed by atoms with Crippen molar-refractivity contribution in [3.8, 4) is 17.2 Å². The van der Waals surface area contributed by atoms with Gasteiger partial charge in [0.2, 0.25) is 0 Å². The van der Waals surface area contributed by atoms with Crippen LogP contribution in [0, 0.1) is 11.8 Å². The summed E-state index contributed by atoms with van der Waals surface area (Å²) in [4.78, 5) is 18.5. The van der Waals surface area contributed by atoms with E-state index in [1.54, 1.807) is 42.5 Å². The molecule has 2 aromatic rings. The smallest absolute Gasteiger partial charge is 0.168 e. The van der Waals surface area contributed by atoms with Gasteiger partial charge >= 0.3 is 0 Å². The normalized spacial score (nSPS) is 19.8. The first-order valence-corrected chi connectivity index (χ1v) is 13.7. The summed E-state index contributed by atoms with van der Waals surface area (Å²) in [5, 5.41) is 15.9. The van der Waals surface area contributed by atoms with Gasteiger partial charge in [-0.2, -0.15) is 0 Å². The van der Waals surface area contributed by atoms with Crippen molar-refractivity contribution >= 4 is 34.7 Å². The third-order valence-electron chi connectivity index (χ3n) is 6.79. The molecule has 1 saturated heterocycles. The van der Waals surface area contributed by atoms with Crippen LogP contribution in [0.1, 0.15) is 46.0 Å². The molecular weight excluding hydrogens is 529 g/mol. The molecule has 0 bridgehead atoms. The van der Waals surface area contributed by atoms with Crippen LogP contribution in [-0.2, 0) is 14.4 Å². The van der Waals surface area contributed by atoms with E-state index in [-0.39, 0.29) is 30.2 Å². The first-order valence-electron chi connectivity index (χ1n) is 13.0. The molecule has 2 aliphatic rings. The first kappa shape index (κ1) is 28.3. The molecule has 1 fully saturated rings. The number of halogens is 2. The molecule has 2 atom stereocenters. The van der Waals surface area contributed by atoms with E-state index in [9.17, 15) is 9.90 Å². The fourth-order valence-corrected chi connectivity index (χ4v) is 5.26. The van der Waals surface area contributed by atoms with Crippen LogP contribution in [0.25, 0.3) is 0 Å². The highest BCUT2D eigenvalue weighted by atomic mass is 35.5. The second-order valence-electron chi connectivity index (χ2n) is 9.63. The number of rotatable bonds is 10. The van der Waals surface area contributed by atoms with Gasteiger partial charge in [0.15, 0.2) is 12.4 Å². The Hall–Kier alpha value is -2.74. The Kier molecular flexibility index (Phi) is 9.94. The maximum Gasteiger partial charge on any atom is 0.168 e. The quantitative estimate of drug-likeness (QED) is 0.238. The van der Waals surface area contributed by atoms with Crippen LogP contribution in [-0.4, -0.2) is 42.5 Å². The Morgan fingerprint density at radius 1 is 1.08 bits per heavy atom. The van der Waals surface area contributed by atoms with Crippen molar-refractivity contribution in [2.45, 2.75) is 52.1 Å². The third-order valence-corrected chi connectivity index (χ3v) is 7.32. The maximum atomic E-state index is 12.9. The molecule has 0 amide bonds. The van der Waals surface area contributed by atoms with E-state index in [1.165, 1.54) is 0 Å².